The number of hydrogen-bond donors (Lipinski definition) is 3. The van der Waals surface area contributed by atoms with E-state index in [9.17, 15) is 4.79 Å². The number of amides is 1. The summed E-state index contributed by atoms with van der Waals surface area (Å²) < 4.78 is 5.55. The molecule has 5 nitrogen and oxygen atoms in total. The Bertz CT molecular complexity index is 499. The Kier molecular flexibility index (Phi) is 3.85. The fourth-order valence-corrected chi connectivity index (χ4v) is 3.31. The quantitative estimate of drug-likeness (QED) is 0.777. The van der Waals surface area contributed by atoms with Crippen LogP contribution in [0.15, 0.2) is 6.07 Å². The van der Waals surface area contributed by atoms with E-state index in [-0.39, 0.29) is 5.91 Å². The van der Waals surface area contributed by atoms with Crippen LogP contribution in [-0.4, -0.2) is 31.2 Å². The van der Waals surface area contributed by atoms with Crippen LogP contribution >= 0.6 is 11.3 Å². The number of nitrogens with two attached hydrogens (primary N) is 1. The first-order valence-electron chi connectivity index (χ1n) is 7.19. The van der Waals surface area contributed by atoms with Crippen molar-refractivity contribution < 1.29 is 9.53 Å². The summed E-state index contributed by atoms with van der Waals surface area (Å²) in [5.74, 6) is 0.489. The third kappa shape index (κ3) is 3.07. The van der Waals surface area contributed by atoms with Gasteiger partial charge in [-0.25, -0.2) is 0 Å². The number of thiophene rings is 1. The van der Waals surface area contributed by atoms with Crippen molar-refractivity contribution in [3.05, 3.63) is 10.9 Å². The second kappa shape index (κ2) is 5.61. The predicted octanol–water partition coefficient (Wildman–Crippen LogP) is 2.06. The lowest BCUT2D eigenvalue weighted by Gasteiger charge is -2.14. The normalized spacial score (nSPS) is 25.6. The summed E-state index contributed by atoms with van der Waals surface area (Å²) >= 11 is 1.43. The van der Waals surface area contributed by atoms with Crippen molar-refractivity contribution in [1.82, 2.24) is 5.32 Å². The Hall–Kier alpha value is -1.27. The number of anilines is 2. The van der Waals surface area contributed by atoms with Gasteiger partial charge in [-0.3, -0.25) is 4.79 Å². The minimum absolute atomic E-state index is 0.0411. The van der Waals surface area contributed by atoms with Crippen LogP contribution in [-0.2, 0) is 4.74 Å². The zero-order chi connectivity index (χ0) is 14.1. The molecule has 1 saturated carbocycles. The van der Waals surface area contributed by atoms with Crippen LogP contribution in [0.3, 0.4) is 0 Å². The van der Waals surface area contributed by atoms with Gasteiger partial charge in [0.25, 0.3) is 5.91 Å². The molecule has 2 heterocycles. The lowest BCUT2D eigenvalue weighted by molar-refractivity contribution is 0.0956. The van der Waals surface area contributed by atoms with Crippen molar-refractivity contribution in [2.45, 2.75) is 38.3 Å². The minimum atomic E-state index is -0.0411. The van der Waals surface area contributed by atoms with E-state index in [1.807, 2.05) is 6.07 Å². The molecule has 2 fully saturated rings. The summed E-state index contributed by atoms with van der Waals surface area (Å²) in [5, 5.41) is 7.31. The molecule has 2 atom stereocenters. The van der Waals surface area contributed by atoms with E-state index in [0.29, 0.717) is 28.6 Å². The summed E-state index contributed by atoms with van der Waals surface area (Å²) in [4.78, 5) is 12.6. The molecule has 2 aliphatic rings. The van der Waals surface area contributed by atoms with E-state index >= 15 is 0 Å². The van der Waals surface area contributed by atoms with Crippen molar-refractivity contribution in [3.63, 3.8) is 0 Å². The molecule has 1 aliphatic heterocycles. The smallest absolute Gasteiger partial charge is 0.263 e. The average Bonchev–Trinajstić information content (AvgIpc) is 3.00. The number of ether oxygens (including phenoxy) is 1. The highest BCUT2D eigenvalue weighted by Gasteiger charge is 2.26. The van der Waals surface area contributed by atoms with Gasteiger partial charge in [0.1, 0.15) is 4.88 Å². The third-order valence-electron chi connectivity index (χ3n) is 3.95. The maximum Gasteiger partial charge on any atom is 0.263 e. The third-order valence-corrected chi connectivity index (χ3v) is 5.06. The molecule has 1 saturated heterocycles. The number of hydrogen-bond acceptors (Lipinski definition) is 5. The zero-order valence-electron chi connectivity index (χ0n) is 11.6. The van der Waals surface area contributed by atoms with Crippen molar-refractivity contribution in [2.24, 2.45) is 5.92 Å². The van der Waals surface area contributed by atoms with Gasteiger partial charge in [-0.05, 0) is 32.3 Å². The van der Waals surface area contributed by atoms with Crippen LogP contribution in [0, 0.1) is 5.92 Å². The topological polar surface area (TPSA) is 76.4 Å². The second-order valence-corrected chi connectivity index (χ2v) is 6.70. The summed E-state index contributed by atoms with van der Waals surface area (Å²) in [6.45, 7) is 3.82. The lowest BCUT2D eigenvalue weighted by atomic mass is 10.0. The Labute approximate surface area is 122 Å². The lowest BCUT2D eigenvalue weighted by Crippen LogP contribution is -2.25. The SMILES string of the molecule is CC1OCCC1CNc1cc(N)c(C(=O)NC2CC2)s1. The molecule has 6 heteroatoms. The van der Waals surface area contributed by atoms with Crippen LogP contribution in [0.4, 0.5) is 10.7 Å². The number of carbonyl (C=O) groups excluding carboxylic acids is 1. The second-order valence-electron chi connectivity index (χ2n) is 5.65. The number of rotatable bonds is 5. The molecule has 3 rings (SSSR count). The average molecular weight is 295 g/mol. The van der Waals surface area contributed by atoms with Crippen molar-refractivity contribution in [3.8, 4) is 0 Å². The molecule has 0 bridgehead atoms. The van der Waals surface area contributed by atoms with E-state index in [1.165, 1.54) is 11.3 Å². The largest absolute Gasteiger partial charge is 0.397 e. The molecule has 1 aromatic heterocycles. The van der Waals surface area contributed by atoms with Gasteiger partial charge in [0.15, 0.2) is 0 Å². The maximum absolute atomic E-state index is 12.0. The first-order valence-corrected chi connectivity index (χ1v) is 8.01. The highest BCUT2D eigenvalue weighted by atomic mass is 32.1. The highest BCUT2D eigenvalue weighted by Crippen LogP contribution is 2.31. The van der Waals surface area contributed by atoms with E-state index in [2.05, 4.69) is 17.6 Å². The van der Waals surface area contributed by atoms with Gasteiger partial charge in [-0.15, -0.1) is 11.3 Å². The van der Waals surface area contributed by atoms with Crippen LogP contribution in [0.1, 0.15) is 35.9 Å². The summed E-state index contributed by atoms with van der Waals surface area (Å²) in [6, 6.07) is 2.21. The fraction of sp³-hybridized carbons (Fsp3) is 0.643. The number of nitrogens with one attached hydrogen (secondary N) is 2. The van der Waals surface area contributed by atoms with Gasteiger partial charge < -0.3 is 21.1 Å². The van der Waals surface area contributed by atoms with Crippen LogP contribution < -0.4 is 16.4 Å². The molecule has 0 radical (unpaired) electrons. The first kappa shape index (κ1) is 13.7. The Balaban J connectivity index is 1.58. The van der Waals surface area contributed by atoms with Gasteiger partial charge in [0.2, 0.25) is 0 Å². The van der Waals surface area contributed by atoms with E-state index < -0.39 is 0 Å². The molecular weight excluding hydrogens is 274 g/mol. The minimum Gasteiger partial charge on any atom is -0.397 e. The van der Waals surface area contributed by atoms with E-state index in [1.54, 1.807) is 0 Å². The molecule has 1 aliphatic carbocycles. The number of carbonyl (C=O) groups is 1. The van der Waals surface area contributed by atoms with Crippen molar-refractivity contribution in [1.29, 1.82) is 0 Å². The monoisotopic (exact) mass is 295 g/mol. The van der Waals surface area contributed by atoms with Gasteiger partial charge in [-0.1, -0.05) is 0 Å². The van der Waals surface area contributed by atoms with Crippen molar-refractivity contribution in [2.75, 3.05) is 24.2 Å². The van der Waals surface area contributed by atoms with Gasteiger partial charge in [0, 0.05) is 25.1 Å². The predicted molar refractivity (Wildman–Crippen MR) is 81.2 cm³/mol. The van der Waals surface area contributed by atoms with Crippen LogP contribution in [0.2, 0.25) is 0 Å². The molecule has 4 N–H and O–H groups in total. The zero-order valence-corrected chi connectivity index (χ0v) is 12.5. The van der Waals surface area contributed by atoms with Crippen LogP contribution in [0.25, 0.3) is 0 Å². The molecule has 20 heavy (non-hydrogen) atoms. The first-order chi connectivity index (χ1) is 9.63. The molecular formula is C14H21N3O2S. The summed E-state index contributed by atoms with van der Waals surface area (Å²) in [7, 11) is 0. The molecule has 0 spiro atoms. The Morgan fingerprint density at radius 3 is 2.95 bits per heavy atom. The molecule has 1 amide bonds. The summed E-state index contributed by atoms with van der Waals surface area (Å²) in [5.41, 5.74) is 6.50. The van der Waals surface area contributed by atoms with Crippen molar-refractivity contribution >= 4 is 27.9 Å². The van der Waals surface area contributed by atoms with Gasteiger partial charge in [0.05, 0.1) is 16.8 Å². The van der Waals surface area contributed by atoms with Gasteiger partial charge >= 0.3 is 0 Å². The highest BCUT2D eigenvalue weighted by molar-refractivity contribution is 7.18. The van der Waals surface area contributed by atoms with E-state index in [0.717, 1.165) is 37.4 Å². The van der Waals surface area contributed by atoms with Gasteiger partial charge in [-0.2, -0.15) is 0 Å². The fourth-order valence-electron chi connectivity index (χ4n) is 2.42. The number of nitrogen functional groups attached to an aromatic ring is 1. The van der Waals surface area contributed by atoms with Crippen LogP contribution in [0.5, 0.6) is 0 Å². The van der Waals surface area contributed by atoms with E-state index in [4.69, 9.17) is 10.5 Å². The molecule has 110 valence electrons. The summed E-state index contributed by atoms with van der Waals surface area (Å²) in [6.07, 6.45) is 3.56. The maximum atomic E-state index is 12.0. The molecule has 0 aromatic carbocycles. The molecule has 2 unspecified atom stereocenters. The Morgan fingerprint density at radius 1 is 1.50 bits per heavy atom. The Morgan fingerprint density at radius 2 is 2.30 bits per heavy atom. The standard InChI is InChI=1S/C14H21N3O2S/c1-8-9(4-5-19-8)7-16-12-6-11(15)13(20-12)14(18)17-10-2-3-10/h6,8-10,16H,2-5,7,15H2,1H3,(H,17,18). The molecule has 1 aromatic rings.